The number of aromatic nitrogens is 5. The fourth-order valence-electron chi connectivity index (χ4n) is 3.03. The predicted molar refractivity (Wildman–Crippen MR) is 149 cm³/mol. The van der Waals surface area contributed by atoms with Crippen LogP contribution < -0.4 is 14.2 Å². The average Bonchev–Trinajstić information content (AvgIpc) is 3.06. The summed E-state index contributed by atoms with van der Waals surface area (Å²) >= 11 is 0. The first-order chi connectivity index (χ1) is 20.0. The second kappa shape index (κ2) is 17.6. The van der Waals surface area contributed by atoms with Gasteiger partial charge in [0.2, 0.25) is 0 Å². The molecule has 5 aromatic rings. The molecule has 0 spiro atoms. The van der Waals surface area contributed by atoms with Crippen LogP contribution in [0.2, 0.25) is 0 Å². The van der Waals surface area contributed by atoms with Crippen LogP contribution in [0.4, 0.5) is 0 Å². The fourth-order valence-corrected chi connectivity index (χ4v) is 3.03. The number of aldehydes is 1. The molecule has 11 nitrogen and oxygen atoms in total. The van der Waals surface area contributed by atoms with Crippen molar-refractivity contribution in [3.8, 4) is 40.0 Å². The van der Waals surface area contributed by atoms with E-state index in [1.165, 1.54) is 12.3 Å². The summed E-state index contributed by atoms with van der Waals surface area (Å²) in [6.07, 6.45) is 8.77. The molecule has 0 aliphatic carbocycles. The van der Waals surface area contributed by atoms with E-state index in [1.807, 2.05) is 6.07 Å². The molecule has 0 aromatic carbocycles. The minimum Gasteiger partial charge on any atom is -0.524 e. The number of rotatable bonds is 7. The van der Waals surface area contributed by atoms with Crippen molar-refractivity contribution >= 4 is 12.3 Å². The third-order valence-corrected chi connectivity index (χ3v) is 5.09. The van der Waals surface area contributed by atoms with Crippen LogP contribution in [-0.2, 0) is 20.1 Å². The first-order valence-corrected chi connectivity index (χ1v) is 11.9. The standard InChI is InChI=1S/C12H11N2O2.C12H9N2O2.C6H5NO2.Ir/c1-15-10-5-6-13-11(7-10)9-3-4-12(16-2)14-8-9;1-16-12-3-2-10(7-14-12)11-6-9(8-15)4-5-13-11;8-6(9)5-3-1-2-4-7-5;/h4-8H,1-2H3;3-8H,1H3;1-4H,(H,8,9);/q2*-1;;. The molecule has 0 fully saturated rings. The molecule has 0 unspecified atom stereocenters. The number of aromatic carboxylic acids is 1. The summed E-state index contributed by atoms with van der Waals surface area (Å²) in [4.78, 5) is 40.8. The Morgan fingerprint density at radius 3 is 1.79 bits per heavy atom. The summed E-state index contributed by atoms with van der Waals surface area (Å²) in [5, 5.41) is 8.32. The molecule has 0 aliphatic rings. The predicted octanol–water partition coefficient (Wildman–Crippen LogP) is 4.50. The number of carbonyl (C=O) groups is 2. The Bertz CT molecular complexity index is 1540. The zero-order valence-corrected chi connectivity index (χ0v) is 25.1. The number of ether oxygens (including phenoxy) is 3. The molecule has 0 atom stereocenters. The maximum atomic E-state index is 10.6. The second-order valence-electron chi connectivity index (χ2n) is 7.70. The van der Waals surface area contributed by atoms with Crippen LogP contribution in [0.15, 0.2) is 85.6 Å². The van der Waals surface area contributed by atoms with E-state index < -0.39 is 5.97 Å². The quantitative estimate of drug-likeness (QED) is 0.186. The zero-order valence-electron chi connectivity index (χ0n) is 22.7. The molecule has 5 aromatic heterocycles. The van der Waals surface area contributed by atoms with E-state index in [9.17, 15) is 9.59 Å². The van der Waals surface area contributed by atoms with Gasteiger partial charge in [0.25, 0.3) is 0 Å². The van der Waals surface area contributed by atoms with Gasteiger partial charge in [-0.05, 0) is 41.7 Å². The minimum atomic E-state index is -0.990. The Morgan fingerprint density at radius 2 is 1.36 bits per heavy atom. The summed E-state index contributed by atoms with van der Waals surface area (Å²) in [6.45, 7) is 0. The number of nitrogens with zero attached hydrogens (tertiary/aromatic N) is 5. The second-order valence-corrected chi connectivity index (χ2v) is 7.70. The van der Waals surface area contributed by atoms with Crippen molar-refractivity contribution in [2.45, 2.75) is 0 Å². The molecule has 1 radical (unpaired) electrons. The van der Waals surface area contributed by atoms with Gasteiger partial charge in [0.15, 0.2) is 0 Å². The summed E-state index contributed by atoms with van der Waals surface area (Å²) in [5.74, 6) is 0.798. The first kappa shape index (κ1) is 33.1. The number of hydrogen-bond acceptors (Lipinski definition) is 10. The van der Waals surface area contributed by atoms with Gasteiger partial charge in [-0.25, -0.2) is 9.78 Å². The summed E-state index contributed by atoms with van der Waals surface area (Å²) in [5.41, 5.74) is 3.63. The third kappa shape index (κ3) is 10.2. The van der Waals surface area contributed by atoms with Gasteiger partial charge in [0.1, 0.15) is 29.5 Å². The van der Waals surface area contributed by atoms with Gasteiger partial charge < -0.3 is 39.3 Å². The SMILES string of the molecule is COc1c[c-]c(-c2cc(C=O)ccn2)cn1.COc1ccnc(-c2[c-]cc(OC)nc2)c1.O=C(O)c1ccccn1.[Ir]. The van der Waals surface area contributed by atoms with Crippen LogP contribution in [0.5, 0.6) is 17.5 Å². The van der Waals surface area contributed by atoms with Gasteiger partial charge in [-0.1, -0.05) is 36.7 Å². The molecule has 0 saturated heterocycles. The topological polar surface area (TPSA) is 147 Å². The zero-order chi connectivity index (χ0) is 29.5. The molecule has 217 valence electrons. The molecule has 0 saturated carbocycles. The van der Waals surface area contributed by atoms with Crippen LogP contribution >= 0.6 is 0 Å². The number of pyridine rings is 5. The molecule has 12 heteroatoms. The summed E-state index contributed by atoms with van der Waals surface area (Å²) in [6, 6.07) is 21.1. The molecule has 1 N–H and O–H groups in total. The number of carbonyl (C=O) groups excluding carboxylic acids is 1. The molecule has 0 amide bonds. The third-order valence-electron chi connectivity index (χ3n) is 5.09. The molecular formula is C30H25IrN5O6-2. The van der Waals surface area contributed by atoms with Crippen molar-refractivity contribution in [3.05, 3.63) is 109 Å². The Hall–Kier alpha value is -5.06. The van der Waals surface area contributed by atoms with E-state index >= 15 is 0 Å². The van der Waals surface area contributed by atoms with Gasteiger partial charge in [-0.15, -0.1) is 23.3 Å². The largest absolute Gasteiger partial charge is 0.524 e. The summed E-state index contributed by atoms with van der Waals surface area (Å²) in [7, 11) is 4.73. The Morgan fingerprint density at radius 1 is 0.762 bits per heavy atom. The van der Waals surface area contributed by atoms with Gasteiger partial charge in [0.05, 0.1) is 21.3 Å². The normalized spacial score (nSPS) is 9.40. The van der Waals surface area contributed by atoms with E-state index in [2.05, 4.69) is 37.1 Å². The van der Waals surface area contributed by atoms with Crippen molar-refractivity contribution in [1.29, 1.82) is 0 Å². The Balaban J connectivity index is 0.000000227. The summed E-state index contributed by atoms with van der Waals surface area (Å²) < 4.78 is 15.0. The number of hydrogen-bond donors (Lipinski definition) is 1. The van der Waals surface area contributed by atoms with Crippen LogP contribution in [0.3, 0.4) is 0 Å². The molecule has 0 aliphatic heterocycles. The van der Waals surface area contributed by atoms with Crippen molar-refractivity contribution in [2.75, 3.05) is 21.3 Å². The van der Waals surface area contributed by atoms with E-state index in [4.69, 9.17) is 19.3 Å². The fraction of sp³-hybridized carbons (Fsp3) is 0.100. The molecule has 42 heavy (non-hydrogen) atoms. The van der Waals surface area contributed by atoms with Crippen LogP contribution in [0, 0.1) is 12.1 Å². The van der Waals surface area contributed by atoms with Gasteiger partial charge >= 0.3 is 5.97 Å². The van der Waals surface area contributed by atoms with Crippen molar-refractivity contribution < 1.29 is 49.0 Å². The van der Waals surface area contributed by atoms with Crippen molar-refractivity contribution in [1.82, 2.24) is 24.9 Å². The minimum absolute atomic E-state index is 0. The van der Waals surface area contributed by atoms with E-state index in [0.717, 1.165) is 28.9 Å². The Labute approximate surface area is 256 Å². The van der Waals surface area contributed by atoms with E-state index in [0.29, 0.717) is 23.0 Å². The van der Waals surface area contributed by atoms with Crippen LogP contribution in [0.25, 0.3) is 22.5 Å². The number of carboxylic acids is 1. The van der Waals surface area contributed by atoms with E-state index in [1.54, 1.807) is 88.6 Å². The van der Waals surface area contributed by atoms with Crippen LogP contribution in [0.1, 0.15) is 20.8 Å². The molecule has 5 heterocycles. The first-order valence-electron chi connectivity index (χ1n) is 11.9. The van der Waals surface area contributed by atoms with E-state index in [-0.39, 0.29) is 25.8 Å². The molecular weight excluding hydrogens is 719 g/mol. The van der Waals surface area contributed by atoms with Gasteiger partial charge in [-0.3, -0.25) is 4.79 Å². The molecule has 0 bridgehead atoms. The van der Waals surface area contributed by atoms with Gasteiger partial charge in [0, 0.05) is 44.3 Å². The monoisotopic (exact) mass is 744 g/mol. The van der Waals surface area contributed by atoms with Crippen molar-refractivity contribution in [2.24, 2.45) is 0 Å². The average molecular weight is 744 g/mol. The van der Waals surface area contributed by atoms with Crippen molar-refractivity contribution in [3.63, 3.8) is 0 Å². The number of methoxy groups -OCH3 is 3. The molecule has 5 rings (SSSR count). The van der Waals surface area contributed by atoms with Gasteiger partial charge in [-0.2, -0.15) is 0 Å². The van der Waals surface area contributed by atoms with Crippen LogP contribution in [-0.4, -0.2) is 63.6 Å². The Kier molecular flexibility index (Phi) is 13.9. The maximum Gasteiger partial charge on any atom is 0.354 e. The smallest absolute Gasteiger partial charge is 0.354 e. The maximum absolute atomic E-state index is 10.6. The number of carboxylic acid groups (broad SMARTS) is 1.